The molecule has 4 rings (SSSR count). The highest BCUT2D eigenvalue weighted by Gasteiger charge is 2.26. The van der Waals surface area contributed by atoms with E-state index >= 15 is 0 Å². The summed E-state index contributed by atoms with van der Waals surface area (Å²) in [7, 11) is 0. The molecule has 2 aromatic heterocycles. The van der Waals surface area contributed by atoms with Crippen LogP contribution in [0.1, 0.15) is 18.6 Å². The molecule has 1 atom stereocenters. The Morgan fingerprint density at radius 2 is 2.04 bits per heavy atom. The summed E-state index contributed by atoms with van der Waals surface area (Å²) >= 11 is 0. The van der Waals surface area contributed by atoms with Gasteiger partial charge in [-0.1, -0.05) is 0 Å². The van der Waals surface area contributed by atoms with Crippen molar-refractivity contribution < 1.29 is 13.6 Å². The van der Waals surface area contributed by atoms with Gasteiger partial charge in [-0.25, -0.2) is 4.39 Å². The second kappa shape index (κ2) is 8.21. The molecule has 1 aromatic carbocycles. The second-order valence-corrected chi connectivity index (χ2v) is 6.87. The summed E-state index contributed by atoms with van der Waals surface area (Å²) < 4.78 is 18.3. The Balaban J connectivity index is 1.38. The van der Waals surface area contributed by atoms with E-state index in [-0.39, 0.29) is 17.6 Å². The third kappa shape index (κ3) is 4.19. The van der Waals surface area contributed by atoms with Crippen LogP contribution >= 0.6 is 0 Å². The maximum absolute atomic E-state index is 13.1. The highest BCUT2D eigenvalue weighted by atomic mass is 19.1. The van der Waals surface area contributed by atoms with Crippen LogP contribution in [0.2, 0.25) is 0 Å². The molecule has 0 saturated carbocycles. The number of carbonyl (C=O) groups is 1. The van der Waals surface area contributed by atoms with Crippen molar-refractivity contribution in [2.45, 2.75) is 19.4 Å². The predicted molar refractivity (Wildman–Crippen MR) is 103 cm³/mol. The number of carbonyl (C=O) groups excluding carboxylic acids is 1. The molecular formula is C21H21FN4O2. The molecule has 1 fully saturated rings. The Bertz CT molecular complexity index is 911. The minimum Gasteiger partial charge on any atom is -0.467 e. The molecule has 1 amide bonds. The summed E-state index contributed by atoms with van der Waals surface area (Å²) in [5.74, 6) is 1.13. The van der Waals surface area contributed by atoms with Crippen LogP contribution in [-0.4, -0.2) is 29.2 Å². The number of benzene rings is 1. The van der Waals surface area contributed by atoms with Crippen molar-refractivity contribution >= 4 is 11.7 Å². The Kier molecular flexibility index (Phi) is 5.32. The van der Waals surface area contributed by atoms with Gasteiger partial charge in [0.05, 0.1) is 24.4 Å². The first-order valence-corrected chi connectivity index (χ1v) is 9.34. The fourth-order valence-electron chi connectivity index (χ4n) is 3.40. The molecule has 0 spiro atoms. The minimum atomic E-state index is -0.280. The number of nitrogens with one attached hydrogen (secondary N) is 1. The molecule has 1 aliphatic heterocycles. The fraction of sp³-hybridized carbons (Fsp3) is 0.286. The van der Waals surface area contributed by atoms with Crippen molar-refractivity contribution in [2.24, 2.45) is 5.92 Å². The van der Waals surface area contributed by atoms with E-state index in [1.54, 1.807) is 24.5 Å². The largest absolute Gasteiger partial charge is 0.467 e. The molecule has 6 nitrogen and oxygen atoms in total. The molecular weight excluding hydrogens is 359 g/mol. The number of nitrogens with zero attached hydrogens (tertiary/aromatic N) is 3. The zero-order chi connectivity index (χ0) is 19.3. The van der Waals surface area contributed by atoms with Gasteiger partial charge < -0.3 is 14.6 Å². The number of hydrogen-bond donors (Lipinski definition) is 1. The lowest BCUT2D eigenvalue weighted by Gasteiger charge is -2.32. The number of piperidine rings is 1. The van der Waals surface area contributed by atoms with E-state index in [2.05, 4.69) is 20.4 Å². The normalized spacial score (nSPS) is 16.8. The SMILES string of the molecule is O=C(NCc1ccco1)C1CCCN(c2ccc(-c3ccc(F)cc3)nn2)C1. The van der Waals surface area contributed by atoms with Gasteiger partial charge in [-0.15, -0.1) is 10.2 Å². The van der Waals surface area contributed by atoms with E-state index in [4.69, 9.17) is 4.42 Å². The monoisotopic (exact) mass is 380 g/mol. The number of furan rings is 1. The Morgan fingerprint density at radius 3 is 2.75 bits per heavy atom. The minimum absolute atomic E-state index is 0.0250. The van der Waals surface area contributed by atoms with Gasteiger partial charge in [0.25, 0.3) is 0 Å². The van der Waals surface area contributed by atoms with Gasteiger partial charge in [0.1, 0.15) is 11.6 Å². The van der Waals surface area contributed by atoms with Gasteiger partial charge in [-0.05, 0) is 61.4 Å². The van der Waals surface area contributed by atoms with Gasteiger partial charge in [0.15, 0.2) is 5.82 Å². The highest BCUT2D eigenvalue weighted by molar-refractivity contribution is 5.79. The second-order valence-electron chi connectivity index (χ2n) is 6.87. The molecule has 3 heterocycles. The van der Waals surface area contributed by atoms with Gasteiger partial charge in [0.2, 0.25) is 5.91 Å². The lowest BCUT2D eigenvalue weighted by atomic mass is 9.97. The van der Waals surface area contributed by atoms with E-state index < -0.39 is 0 Å². The molecule has 0 radical (unpaired) electrons. The topological polar surface area (TPSA) is 71.3 Å². The first-order valence-electron chi connectivity index (χ1n) is 9.34. The van der Waals surface area contributed by atoms with Gasteiger partial charge in [-0.3, -0.25) is 4.79 Å². The molecule has 0 bridgehead atoms. The van der Waals surface area contributed by atoms with Gasteiger partial charge in [-0.2, -0.15) is 0 Å². The van der Waals surface area contributed by atoms with Gasteiger partial charge in [0, 0.05) is 18.7 Å². The summed E-state index contributed by atoms with van der Waals surface area (Å²) in [6.45, 7) is 1.84. The average Bonchev–Trinajstić information content (AvgIpc) is 3.26. The Labute approximate surface area is 162 Å². The van der Waals surface area contributed by atoms with Gasteiger partial charge >= 0.3 is 0 Å². The van der Waals surface area contributed by atoms with E-state index in [1.165, 1.54) is 12.1 Å². The summed E-state index contributed by atoms with van der Waals surface area (Å²) in [5.41, 5.74) is 1.50. The zero-order valence-electron chi connectivity index (χ0n) is 15.3. The van der Waals surface area contributed by atoms with Crippen molar-refractivity contribution in [1.82, 2.24) is 15.5 Å². The molecule has 7 heteroatoms. The Morgan fingerprint density at radius 1 is 1.18 bits per heavy atom. The summed E-state index contributed by atoms with van der Waals surface area (Å²) in [5, 5.41) is 11.5. The average molecular weight is 380 g/mol. The zero-order valence-corrected chi connectivity index (χ0v) is 15.3. The van der Waals surface area contributed by atoms with E-state index in [1.807, 2.05) is 18.2 Å². The van der Waals surface area contributed by atoms with Crippen molar-refractivity contribution in [2.75, 3.05) is 18.0 Å². The third-order valence-electron chi connectivity index (χ3n) is 4.92. The van der Waals surface area contributed by atoms with E-state index in [0.717, 1.165) is 36.5 Å². The fourth-order valence-corrected chi connectivity index (χ4v) is 3.40. The predicted octanol–water partition coefficient (Wildman–Crippen LogP) is 3.41. The molecule has 144 valence electrons. The van der Waals surface area contributed by atoms with Crippen LogP contribution in [0.25, 0.3) is 11.3 Å². The maximum Gasteiger partial charge on any atom is 0.225 e. The standard InChI is InChI=1S/C21H21FN4O2/c22-17-7-5-15(6-8-17)19-9-10-20(25-24-19)26-11-1-3-16(14-26)21(27)23-13-18-4-2-12-28-18/h2,4-10,12,16H,1,3,11,13-14H2,(H,23,27). The number of anilines is 1. The van der Waals surface area contributed by atoms with Crippen LogP contribution < -0.4 is 10.2 Å². The van der Waals surface area contributed by atoms with Crippen molar-refractivity contribution in [3.63, 3.8) is 0 Å². The number of amides is 1. The van der Waals surface area contributed by atoms with Crippen LogP contribution in [0.5, 0.6) is 0 Å². The van der Waals surface area contributed by atoms with Crippen molar-refractivity contribution in [3.8, 4) is 11.3 Å². The smallest absolute Gasteiger partial charge is 0.225 e. The van der Waals surface area contributed by atoms with Crippen LogP contribution in [0.4, 0.5) is 10.2 Å². The lowest BCUT2D eigenvalue weighted by molar-refractivity contribution is -0.125. The number of halogens is 1. The van der Waals surface area contributed by atoms with Crippen LogP contribution in [-0.2, 0) is 11.3 Å². The molecule has 1 unspecified atom stereocenters. The molecule has 1 aliphatic rings. The first-order chi connectivity index (χ1) is 13.7. The summed E-state index contributed by atoms with van der Waals surface area (Å²) in [4.78, 5) is 14.6. The van der Waals surface area contributed by atoms with Crippen molar-refractivity contribution in [1.29, 1.82) is 0 Å². The van der Waals surface area contributed by atoms with E-state index in [0.29, 0.717) is 18.8 Å². The first kappa shape index (κ1) is 18.2. The number of rotatable bonds is 5. The lowest BCUT2D eigenvalue weighted by Crippen LogP contribution is -2.43. The molecule has 1 N–H and O–H groups in total. The molecule has 0 aliphatic carbocycles. The molecule has 3 aromatic rings. The maximum atomic E-state index is 13.1. The number of hydrogen-bond acceptors (Lipinski definition) is 5. The third-order valence-corrected chi connectivity index (χ3v) is 4.92. The molecule has 1 saturated heterocycles. The number of aromatic nitrogens is 2. The highest BCUT2D eigenvalue weighted by Crippen LogP contribution is 2.23. The molecule has 28 heavy (non-hydrogen) atoms. The quantitative estimate of drug-likeness (QED) is 0.734. The summed E-state index contributed by atoms with van der Waals surface area (Å²) in [6, 6.07) is 13.6. The summed E-state index contributed by atoms with van der Waals surface area (Å²) in [6.07, 6.45) is 3.36. The van der Waals surface area contributed by atoms with Crippen LogP contribution in [0, 0.1) is 11.7 Å². The van der Waals surface area contributed by atoms with Crippen LogP contribution in [0.3, 0.4) is 0 Å². The van der Waals surface area contributed by atoms with E-state index in [9.17, 15) is 9.18 Å². The Hall–Kier alpha value is -3.22. The van der Waals surface area contributed by atoms with Crippen molar-refractivity contribution in [3.05, 3.63) is 66.4 Å². The van der Waals surface area contributed by atoms with Crippen LogP contribution in [0.15, 0.2) is 59.2 Å².